The zero-order chi connectivity index (χ0) is 21.0. The Balaban J connectivity index is 1.64. The number of aryl methyl sites for hydroxylation is 1. The predicted molar refractivity (Wildman–Crippen MR) is 109 cm³/mol. The molecule has 1 amide bonds. The molecular weight excluding hydrogens is 373 g/mol. The Bertz CT molecular complexity index is 834. The average molecular weight is 403 g/mol. The van der Waals surface area contributed by atoms with E-state index in [0.29, 0.717) is 50.3 Å². The maximum Gasteiger partial charge on any atom is 0.272 e. The van der Waals surface area contributed by atoms with Crippen LogP contribution in [0.4, 0.5) is 4.39 Å². The van der Waals surface area contributed by atoms with Gasteiger partial charge in [-0.1, -0.05) is 13.8 Å². The molecule has 7 heteroatoms. The number of likely N-dealkylation sites (tertiary alicyclic amines) is 1. The zero-order valence-electron chi connectivity index (χ0n) is 17.4. The van der Waals surface area contributed by atoms with Crippen LogP contribution in [-0.4, -0.2) is 51.0 Å². The van der Waals surface area contributed by atoms with E-state index in [1.807, 2.05) is 13.0 Å². The van der Waals surface area contributed by atoms with Crippen LogP contribution in [-0.2, 0) is 6.54 Å². The minimum atomic E-state index is -1.02. The zero-order valence-corrected chi connectivity index (χ0v) is 17.4. The van der Waals surface area contributed by atoms with Gasteiger partial charge < -0.3 is 14.7 Å². The molecule has 1 aromatic heterocycles. The molecule has 2 aromatic rings. The normalized spacial score (nSPS) is 20.0. The SMILES string of the molecule is CCn1nc(C(C)C)cc1C(=O)N1CCCC(O)(COc2ccc(F)cc2)CC1. The Hall–Kier alpha value is -2.41. The number of carbonyl (C=O) groups excluding carboxylic acids is 1. The van der Waals surface area contributed by atoms with Gasteiger partial charge in [0.05, 0.1) is 5.69 Å². The van der Waals surface area contributed by atoms with Gasteiger partial charge in [-0.2, -0.15) is 5.10 Å². The molecule has 3 rings (SSSR count). The minimum Gasteiger partial charge on any atom is -0.491 e. The van der Waals surface area contributed by atoms with Gasteiger partial charge in [-0.3, -0.25) is 9.48 Å². The summed E-state index contributed by atoms with van der Waals surface area (Å²) in [6.45, 7) is 7.88. The van der Waals surface area contributed by atoms with Crippen LogP contribution in [0.25, 0.3) is 0 Å². The summed E-state index contributed by atoms with van der Waals surface area (Å²) >= 11 is 0. The fourth-order valence-corrected chi connectivity index (χ4v) is 3.57. The first kappa shape index (κ1) is 21.3. The smallest absolute Gasteiger partial charge is 0.272 e. The topological polar surface area (TPSA) is 67.6 Å². The van der Waals surface area contributed by atoms with E-state index in [4.69, 9.17) is 4.74 Å². The molecule has 158 valence electrons. The van der Waals surface area contributed by atoms with Gasteiger partial charge in [-0.05, 0) is 62.4 Å². The van der Waals surface area contributed by atoms with Crippen LogP contribution in [0.15, 0.2) is 30.3 Å². The Morgan fingerprint density at radius 3 is 2.66 bits per heavy atom. The van der Waals surface area contributed by atoms with Crippen LogP contribution >= 0.6 is 0 Å². The maximum absolute atomic E-state index is 13.1. The first-order valence-electron chi connectivity index (χ1n) is 10.3. The highest BCUT2D eigenvalue weighted by molar-refractivity contribution is 5.92. The molecule has 29 heavy (non-hydrogen) atoms. The molecule has 0 spiro atoms. The summed E-state index contributed by atoms with van der Waals surface area (Å²) in [5.41, 5.74) is 0.496. The summed E-state index contributed by atoms with van der Waals surface area (Å²) in [7, 11) is 0. The minimum absolute atomic E-state index is 0.0463. The standard InChI is InChI=1S/C22H30FN3O3/c1-4-26-20(14-19(24-26)16(2)3)21(27)25-12-5-10-22(28,11-13-25)15-29-18-8-6-17(23)7-9-18/h6-9,14,16,28H,4-5,10-13,15H2,1-3H3. The van der Waals surface area contributed by atoms with Crippen LogP contribution in [0.5, 0.6) is 5.75 Å². The molecule has 6 nitrogen and oxygen atoms in total. The third kappa shape index (κ3) is 5.15. The lowest BCUT2D eigenvalue weighted by Gasteiger charge is -2.27. The van der Waals surface area contributed by atoms with Crippen LogP contribution in [0.1, 0.15) is 62.1 Å². The summed E-state index contributed by atoms with van der Waals surface area (Å²) in [4.78, 5) is 14.9. The molecule has 0 saturated carbocycles. The Morgan fingerprint density at radius 1 is 1.28 bits per heavy atom. The molecule has 1 atom stereocenters. The molecular formula is C22H30FN3O3. The number of carbonyl (C=O) groups is 1. The van der Waals surface area contributed by atoms with Crippen molar-refractivity contribution in [2.45, 2.75) is 58.1 Å². The Morgan fingerprint density at radius 2 is 2.00 bits per heavy atom. The first-order valence-corrected chi connectivity index (χ1v) is 10.3. The summed E-state index contributed by atoms with van der Waals surface area (Å²) in [5, 5.41) is 15.5. The number of aromatic nitrogens is 2. The highest BCUT2D eigenvalue weighted by Crippen LogP contribution is 2.25. The quantitative estimate of drug-likeness (QED) is 0.800. The number of rotatable bonds is 6. The molecule has 1 aliphatic rings. The van der Waals surface area contributed by atoms with Crippen LogP contribution in [0, 0.1) is 5.82 Å². The fourth-order valence-electron chi connectivity index (χ4n) is 3.57. The van der Waals surface area contributed by atoms with Crippen molar-refractivity contribution >= 4 is 5.91 Å². The van der Waals surface area contributed by atoms with Gasteiger partial charge >= 0.3 is 0 Å². The highest BCUT2D eigenvalue weighted by atomic mass is 19.1. The third-order valence-corrected chi connectivity index (χ3v) is 5.43. The van der Waals surface area contributed by atoms with Crippen molar-refractivity contribution in [2.75, 3.05) is 19.7 Å². The van der Waals surface area contributed by atoms with Gasteiger partial charge in [0, 0.05) is 19.6 Å². The first-order chi connectivity index (χ1) is 13.8. The molecule has 0 aliphatic carbocycles. The van der Waals surface area contributed by atoms with E-state index in [9.17, 15) is 14.3 Å². The van der Waals surface area contributed by atoms with Crippen LogP contribution < -0.4 is 4.74 Å². The van der Waals surface area contributed by atoms with Gasteiger partial charge in [-0.25, -0.2) is 4.39 Å². The van der Waals surface area contributed by atoms with E-state index in [0.717, 1.165) is 5.69 Å². The summed E-state index contributed by atoms with van der Waals surface area (Å²) < 4.78 is 20.4. The lowest BCUT2D eigenvalue weighted by atomic mass is 9.96. The summed E-state index contributed by atoms with van der Waals surface area (Å²) in [6.07, 6.45) is 1.66. The monoisotopic (exact) mass is 403 g/mol. The number of hydrogen-bond donors (Lipinski definition) is 1. The lowest BCUT2D eigenvalue weighted by molar-refractivity contribution is -0.0163. The van der Waals surface area contributed by atoms with E-state index in [2.05, 4.69) is 18.9 Å². The van der Waals surface area contributed by atoms with Gasteiger partial charge in [0.15, 0.2) is 0 Å². The van der Waals surface area contributed by atoms with Crippen molar-refractivity contribution in [2.24, 2.45) is 0 Å². The second-order valence-electron chi connectivity index (χ2n) is 8.04. The molecule has 0 radical (unpaired) electrons. The number of amides is 1. The van der Waals surface area contributed by atoms with Crippen molar-refractivity contribution in [1.29, 1.82) is 0 Å². The number of benzene rings is 1. The van der Waals surface area contributed by atoms with Crippen LogP contribution in [0.3, 0.4) is 0 Å². The molecule has 2 heterocycles. The van der Waals surface area contributed by atoms with E-state index in [1.54, 1.807) is 21.7 Å². The molecule has 1 aliphatic heterocycles. The van der Waals surface area contributed by atoms with E-state index in [-0.39, 0.29) is 24.2 Å². The number of aliphatic hydroxyl groups is 1. The molecule has 1 N–H and O–H groups in total. The van der Waals surface area contributed by atoms with Gasteiger partial charge in [-0.15, -0.1) is 0 Å². The molecule has 1 unspecified atom stereocenters. The van der Waals surface area contributed by atoms with E-state index >= 15 is 0 Å². The van der Waals surface area contributed by atoms with E-state index in [1.165, 1.54) is 12.1 Å². The third-order valence-electron chi connectivity index (χ3n) is 5.43. The van der Waals surface area contributed by atoms with Gasteiger partial charge in [0.25, 0.3) is 5.91 Å². The predicted octanol–water partition coefficient (Wildman–Crippen LogP) is 3.60. The molecule has 0 bridgehead atoms. The molecule has 1 fully saturated rings. The second kappa shape index (κ2) is 8.95. The van der Waals surface area contributed by atoms with Gasteiger partial charge in [0.1, 0.15) is 29.5 Å². The Labute approximate surface area is 171 Å². The number of nitrogens with zero attached hydrogens (tertiary/aromatic N) is 3. The van der Waals surface area contributed by atoms with Crippen molar-refractivity contribution in [1.82, 2.24) is 14.7 Å². The average Bonchev–Trinajstić information content (AvgIpc) is 3.05. The van der Waals surface area contributed by atoms with Crippen molar-refractivity contribution in [3.8, 4) is 5.75 Å². The van der Waals surface area contributed by atoms with Crippen molar-refractivity contribution < 1.29 is 19.0 Å². The van der Waals surface area contributed by atoms with Crippen molar-refractivity contribution in [3.05, 3.63) is 47.5 Å². The fraction of sp³-hybridized carbons (Fsp3) is 0.545. The molecule has 1 aromatic carbocycles. The van der Waals surface area contributed by atoms with Crippen LogP contribution in [0.2, 0.25) is 0 Å². The number of ether oxygens (including phenoxy) is 1. The summed E-state index contributed by atoms with van der Waals surface area (Å²) in [6, 6.07) is 7.63. The lowest BCUT2D eigenvalue weighted by Crippen LogP contribution is -2.38. The largest absolute Gasteiger partial charge is 0.491 e. The molecule has 1 saturated heterocycles. The number of halogens is 1. The summed E-state index contributed by atoms with van der Waals surface area (Å²) in [5.74, 6) is 0.402. The maximum atomic E-state index is 13.1. The van der Waals surface area contributed by atoms with Gasteiger partial charge in [0.2, 0.25) is 0 Å². The highest BCUT2D eigenvalue weighted by Gasteiger charge is 2.33. The van der Waals surface area contributed by atoms with Crippen molar-refractivity contribution in [3.63, 3.8) is 0 Å². The second-order valence-corrected chi connectivity index (χ2v) is 8.04. The number of hydrogen-bond acceptors (Lipinski definition) is 4. The Kier molecular flexibility index (Phi) is 6.57. The van der Waals surface area contributed by atoms with E-state index < -0.39 is 5.60 Å².